The van der Waals surface area contributed by atoms with Crippen molar-refractivity contribution >= 4 is 6.01 Å². The van der Waals surface area contributed by atoms with Crippen LogP contribution < -0.4 is 10.1 Å². The number of furan rings is 1. The first-order valence-electron chi connectivity index (χ1n) is 7.65. The second kappa shape index (κ2) is 7.49. The lowest BCUT2D eigenvalue weighted by Crippen LogP contribution is -2.01. The van der Waals surface area contributed by atoms with Gasteiger partial charge in [0.1, 0.15) is 17.3 Å². The molecule has 1 N–H and O–H groups in total. The second-order valence-electron chi connectivity index (χ2n) is 4.99. The summed E-state index contributed by atoms with van der Waals surface area (Å²) >= 11 is 0. The maximum Gasteiger partial charge on any atom is 0.315 e. The highest BCUT2D eigenvalue weighted by molar-refractivity contribution is 5.21. The van der Waals surface area contributed by atoms with Crippen LogP contribution in [0.25, 0.3) is 0 Å². The molecule has 0 fully saturated rings. The number of rotatable bonds is 8. The van der Waals surface area contributed by atoms with Gasteiger partial charge >= 0.3 is 6.01 Å². The van der Waals surface area contributed by atoms with Crippen LogP contribution in [0.4, 0.5) is 6.01 Å². The first kappa shape index (κ1) is 15.1. The maximum atomic E-state index is 5.60. The second-order valence-corrected chi connectivity index (χ2v) is 4.99. The fourth-order valence-electron chi connectivity index (χ4n) is 2.07. The van der Waals surface area contributed by atoms with Gasteiger partial charge in [0, 0.05) is 6.42 Å². The number of anilines is 1. The van der Waals surface area contributed by atoms with Gasteiger partial charge in [-0.3, -0.25) is 0 Å². The average Bonchev–Trinajstić information content (AvgIpc) is 3.23. The Labute approximate surface area is 134 Å². The molecule has 6 heteroatoms. The van der Waals surface area contributed by atoms with E-state index in [9.17, 15) is 0 Å². The van der Waals surface area contributed by atoms with Crippen LogP contribution in [0.1, 0.15) is 24.3 Å². The Balaban J connectivity index is 1.44. The van der Waals surface area contributed by atoms with Crippen LogP contribution in [-0.2, 0) is 19.4 Å². The average molecular weight is 313 g/mol. The quantitative estimate of drug-likeness (QED) is 0.686. The lowest BCUT2D eigenvalue weighted by atomic mass is 10.3. The van der Waals surface area contributed by atoms with Gasteiger partial charge in [-0.15, -0.1) is 5.10 Å². The summed E-state index contributed by atoms with van der Waals surface area (Å²) in [5.74, 6) is 3.17. The standard InChI is InChI=1S/C17H19N3O3/c1-2-13-8-9-15(22-13)12-18-17-20-19-16(23-17)10-11-21-14-6-4-3-5-7-14/h3-9H,2,10-12H2,1H3,(H,18,20). The Morgan fingerprint density at radius 2 is 1.83 bits per heavy atom. The van der Waals surface area contributed by atoms with Gasteiger partial charge in [-0.25, -0.2) is 0 Å². The molecule has 0 radical (unpaired) electrons. The molecule has 0 aliphatic rings. The smallest absolute Gasteiger partial charge is 0.315 e. The van der Waals surface area contributed by atoms with Crippen LogP contribution >= 0.6 is 0 Å². The minimum atomic E-state index is 0.383. The van der Waals surface area contributed by atoms with Crippen molar-refractivity contribution in [3.8, 4) is 5.75 Å². The third-order valence-corrected chi connectivity index (χ3v) is 3.27. The van der Waals surface area contributed by atoms with Crippen LogP contribution in [0.2, 0.25) is 0 Å². The summed E-state index contributed by atoms with van der Waals surface area (Å²) in [6, 6.07) is 13.9. The van der Waals surface area contributed by atoms with Gasteiger partial charge in [0.15, 0.2) is 0 Å². The number of para-hydroxylation sites is 1. The van der Waals surface area contributed by atoms with E-state index >= 15 is 0 Å². The van der Waals surface area contributed by atoms with Crippen LogP contribution in [0.5, 0.6) is 5.75 Å². The van der Waals surface area contributed by atoms with E-state index in [1.807, 2.05) is 42.5 Å². The van der Waals surface area contributed by atoms with E-state index in [0.29, 0.717) is 31.5 Å². The zero-order valence-electron chi connectivity index (χ0n) is 13.0. The molecule has 0 saturated carbocycles. The molecule has 0 atom stereocenters. The minimum Gasteiger partial charge on any atom is -0.493 e. The Bertz CT molecular complexity index is 722. The number of aromatic nitrogens is 2. The third kappa shape index (κ3) is 4.35. The van der Waals surface area contributed by atoms with Crippen molar-refractivity contribution in [2.24, 2.45) is 0 Å². The van der Waals surface area contributed by atoms with Gasteiger partial charge in [0.2, 0.25) is 5.89 Å². The van der Waals surface area contributed by atoms with Gasteiger partial charge in [0.25, 0.3) is 0 Å². The van der Waals surface area contributed by atoms with Gasteiger partial charge in [0.05, 0.1) is 19.6 Å². The molecule has 23 heavy (non-hydrogen) atoms. The fraction of sp³-hybridized carbons (Fsp3) is 0.294. The maximum absolute atomic E-state index is 5.60. The van der Waals surface area contributed by atoms with Crippen molar-refractivity contribution in [1.82, 2.24) is 10.2 Å². The molecule has 2 heterocycles. The predicted octanol–water partition coefficient (Wildman–Crippen LogP) is 3.46. The monoisotopic (exact) mass is 313 g/mol. The molecule has 0 unspecified atom stereocenters. The highest BCUT2D eigenvalue weighted by atomic mass is 16.5. The Kier molecular flexibility index (Phi) is 4.93. The molecule has 2 aromatic heterocycles. The lowest BCUT2D eigenvalue weighted by molar-refractivity contribution is 0.307. The molecule has 0 bridgehead atoms. The van der Waals surface area contributed by atoms with Crippen molar-refractivity contribution in [1.29, 1.82) is 0 Å². The lowest BCUT2D eigenvalue weighted by Gasteiger charge is -2.03. The van der Waals surface area contributed by atoms with Gasteiger partial charge in [-0.05, 0) is 24.3 Å². The fourth-order valence-corrected chi connectivity index (χ4v) is 2.07. The molecular formula is C17H19N3O3. The minimum absolute atomic E-state index is 0.383. The van der Waals surface area contributed by atoms with E-state index in [0.717, 1.165) is 23.7 Å². The SMILES string of the molecule is CCc1ccc(CNc2nnc(CCOc3ccccc3)o2)o1. The van der Waals surface area contributed by atoms with Crippen molar-refractivity contribution < 1.29 is 13.6 Å². The summed E-state index contributed by atoms with van der Waals surface area (Å²) in [6.45, 7) is 3.06. The summed E-state index contributed by atoms with van der Waals surface area (Å²) in [6.07, 6.45) is 1.44. The van der Waals surface area contributed by atoms with Crippen molar-refractivity contribution in [3.63, 3.8) is 0 Å². The summed E-state index contributed by atoms with van der Waals surface area (Å²) < 4.78 is 16.7. The summed E-state index contributed by atoms with van der Waals surface area (Å²) in [5.41, 5.74) is 0. The van der Waals surface area contributed by atoms with Gasteiger partial charge in [-0.2, -0.15) is 0 Å². The third-order valence-electron chi connectivity index (χ3n) is 3.27. The first-order chi connectivity index (χ1) is 11.3. The molecule has 120 valence electrons. The molecule has 1 aromatic carbocycles. The normalized spacial score (nSPS) is 10.7. The summed E-state index contributed by atoms with van der Waals surface area (Å²) in [5, 5.41) is 11.0. The van der Waals surface area contributed by atoms with Crippen molar-refractivity contribution in [2.75, 3.05) is 11.9 Å². The topological polar surface area (TPSA) is 73.3 Å². The Hall–Kier alpha value is -2.76. The number of nitrogens with zero attached hydrogens (tertiary/aromatic N) is 2. The molecule has 3 rings (SSSR count). The van der Waals surface area contributed by atoms with E-state index in [2.05, 4.69) is 22.4 Å². The van der Waals surface area contributed by atoms with Crippen LogP contribution in [0, 0.1) is 0 Å². The number of hydrogen-bond donors (Lipinski definition) is 1. The summed E-state index contributed by atoms with van der Waals surface area (Å²) in [4.78, 5) is 0. The summed E-state index contributed by atoms with van der Waals surface area (Å²) in [7, 11) is 0. The van der Waals surface area contributed by atoms with Crippen molar-refractivity contribution in [3.05, 3.63) is 59.9 Å². The molecular weight excluding hydrogens is 294 g/mol. The molecule has 0 aliphatic heterocycles. The highest BCUT2D eigenvalue weighted by Gasteiger charge is 2.07. The van der Waals surface area contributed by atoms with Crippen LogP contribution in [0.3, 0.4) is 0 Å². The first-order valence-corrected chi connectivity index (χ1v) is 7.65. The largest absolute Gasteiger partial charge is 0.493 e. The van der Waals surface area contributed by atoms with Crippen LogP contribution in [-0.4, -0.2) is 16.8 Å². The van der Waals surface area contributed by atoms with E-state index < -0.39 is 0 Å². The molecule has 0 amide bonds. The van der Waals surface area contributed by atoms with Crippen molar-refractivity contribution in [2.45, 2.75) is 26.3 Å². The van der Waals surface area contributed by atoms with Crippen LogP contribution in [0.15, 0.2) is 51.3 Å². The van der Waals surface area contributed by atoms with E-state index in [1.165, 1.54) is 0 Å². The number of benzene rings is 1. The zero-order valence-corrected chi connectivity index (χ0v) is 13.0. The molecule has 0 aliphatic carbocycles. The predicted molar refractivity (Wildman–Crippen MR) is 85.4 cm³/mol. The number of nitrogens with one attached hydrogen (secondary N) is 1. The zero-order chi connectivity index (χ0) is 15.9. The van der Waals surface area contributed by atoms with E-state index in [4.69, 9.17) is 13.6 Å². The highest BCUT2D eigenvalue weighted by Crippen LogP contribution is 2.13. The Morgan fingerprint density at radius 1 is 1.00 bits per heavy atom. The molecule has 6 nitrogen and oxygen atoms in total. The molecule has 3 aromatic rings. The van der Waals surface area contributed by atoms with Gasteiger partial charge < -0.3 is 18.9 Å². The molecule has 0 spiro atoms. The number of aryl methyl sites for hydroxylation is 1. The molecule has 0 saturated heterocycles. The number of ether oxygens (including phenoxy) is 1. The Morgan fingerprint density at radius 3 is 2.61 bits per heavy atom. The number of hydrogen-bond acceptors (Lipinski definition) is 6. The van der Waals surface area contributed by atoms with E-state index in [1.54, 1.807) is 0 Å². The van der Waals surface area contributed by atoms with E-state index in [-0.39, 0.29) is 0 Å². The van der Waals surface area contributed by atoms with Gasteiger partial charge in [-0.1, -0.05) is 30.2 Å².